The highest BCUT2D eigenvalue weighted by molar-refractivity contribution is 7.47. The number of hydrogen-bond donors (Lipinski definition) is 3. The molecule has 5 unspecified atom stereocenters. The predicted molar refractivity (Wildman–Crippen MR) is 418 cm³/mol. The van der Waals surface area contributed by atoms with Gasteiger partial charge >= 0.3 is 39.5 Å². The predicted octanol–water partition coefficient (Wildman–Crippen LogP) is 23.8. The maximum absolute atomic E-state index is 13.1. The first-order chi connectivity index (χ1) is 49.7. The van der Waals surface area contributed by atoms with Gasteiger partial charge in [0.05, 0.1) is 26.4 Å². The van der Waals surface area contributed by atoms with E-state index in [2.05, 4.69) is 113 Å². The topological polar surface area (TPSA) is 237 Å². The van der Waals surface area contributed by atoms with Crippen LogP contribution in [0.5, 0.6) is 0 Å². The standard InChI is InChI=1S/C83H148O17P2/c1-5-9-13-17-21-25-29-33-37-38-42-44-48-52-56-60-64-68-81(86)94-74-79(100-83(88)70-66-62-58-54-50-46-41-36-32-28-24-20-16-12-8-4)76-98-102(91,92)96-72-77(84)71-95-101(89,90)97-75-78(99-82(87)69-65-61-57-53-49-45-40-35-31-27-23-19-15-11-7-3)73-93-80(85)67-63-59-55-51-47-43-39-34-30-26-22-18-14-10-6-2/h9,13,21-22,25-26,33-37,39-41,77-79,84H,5-8,10-12,14-20,23-24,27-32,38,42-76H2,1-4H3,(H,89,90)(H,91,92)/b13-9-,25-21-,26-22-,37-33-,39-34-,40-35-,41-36-. The van der Waals surface area contributed by atoms with Crippen LogP contribution in [-0.2, 0) is 65.4 Å². The summed E-state index contributed by atoms with van der Waals surface area (Å²) in [5.74, 6) is -2.20. The number of rotatable bonds is 77. The van der Waals surface area contributed by atoms with E-state index in [1.54, 1.807) is 0 Å². The molecule has 0 rings (SSSR count). The van der Waals surface area contributed by atoms with Crippen molar-refractivity contribution in [1.82, 2.24) is 0 Å². The van der Waals surface area contributed by atoms with Crippen LogP contribution in [0.25, 0.3) is 0 Å². The second-order valence-corrected chi connectivity index (χ2v) is 30.2. The Labute approximate surface area is 621 Å². The maximum Gasteiger partial charge on any atom is 0.472 e. The molecule has 0 aromatic rings. The zero-order valence-corrected chi connectivity index (χ0v) is 66.6. The van der Waals surface area contributed by atoms with E-state index in [0.717, 1.165) is 186 Å². The molecule has 0 saturated heterocycles. The van der Waals surface area contributed by atoms with Gasteiger partial charge in [0, 0.05) is 25.7 Å². The van der Waals surface area contributed by atoms with Crippen LogP contribution in [0, 0.1) is 0 Å². The van der Waals surface area contributed by atoms with Gasteiger partial charge in [0.25, 0.3) is 0 Å². The normalized spacial score (nSPS) is 14.3. The Hall–Kier alpha value is -3.76. The van der Waals surface area contributed by atoms with Crippen molar-refractivity contribution in [2.45, 2.75) is 380 Å². The van der Waals surface area contributed by atoms with E-state index in [1.807, 2.05) is 0 Å². The van der Waals surface area contributed by atoms with Gasteiger partial charge in [-0.05, 0) is 141 Å². The molecule has 0 aromatic carbocycles. The minimum absolute atomic E-state index is 0.0839. The smallest absolute Gasteiger partial charge is 0.462 e. The molecule has 0 radical (unpaired) electrons. The summed E-state index contributed by atoms with van der Waals surface area (Å²) in [5, 5.41) is 10.6. The van der Waals surface area contributed by atoms with Crippen molar-refractivity contribution in [2.24, 2.45) is 0 Å². The average molecular weight is 1480 g/mol. The van der Waals surface area contributed by atoms with E-state index in [9.17, 15) is 43.2 Å². The summed E-state index contributed by atoms with van der Waals surface area (Å²) in [6.07, 6.45) is 78.3. The molecule has 0 aliphatic heterocycles. The van der Waals surface area contributed by atoms with Crippen LogP contribution in [0.3, 0.4) is 0 Å². The quantitative estimate of drug-likeness (QED) is 0.0169. The molecule has 3 N–H and O–H groups in total. The van der Waals surface area contributed by atoms with Crippen LogP contribution in [0.1, 0.15) is 362 Å². The minimum Gasteiger partial charge on any atom is -0.462 e. The van der Waals surface area contributed by atoms with Crippen molar-refractivity contribution in [2.75, 3.05) is 39.6 Å². The van der Waals surface area contributed by atoms with Crippen LogP contribution >= 0.6 is 15.6 Å². The summed E-state index contributed by atoms with van der Waals surface area (Å²) in [6.45, 7) is 4.74. The number of carbonyl (C=O) groups is 4. The number of carbonyl (C=O) groups excluding carboxylic acids is 4. The fourth-order valence-corrected chi connectivity index (χ4v) is 12.7. The van der Waals surface area contributed by atoms with Crippen molar-refractivity contribution >= 4 is 39.5 Å². The molecule has 0 aromatic heterocycles. The van der Waals surface area contributed by atoms with Gasteiger partial charge in [-0.1, -0.05) is 280 Å². The molecule has 0 aliphatic carbocycles. The van der Waals surface area contributed by atoms with E-state index in [4.69, 9.17) is 37.0 Å². The van der Waals surface area contributed by atoms with Gasteiger partial charge in [-0.15, -0.1) is 0 Å². The number of allylic oxidation sites excluding steroid dienone is 14. The molecule has 17 nitrogen and oxygen atoms in total. The Balaban J connectivity index is 5.37. The lowest BCUT2D eigenvalue weighted by Crippen LogP contribution is -2.30. The number of unbranched alkanes of at least 4 members (excludes halogenated alkanes) is 37. The third-order valence-electron chi connectivity index (χ3n) is 17.3. The number of aliphatic hydroxyl groups is 1. The zero-order valence-electron chi connectivity index (χ0n) is 64.8. The Morgan fingerprint density at radius 1 is 0.284 bits per heavy atom. The van der Waals surface area contributed by atoms with Crippen molar-refractivity contribution in [3.05, 3.63) is 85.1 Å². The number of phosphoric ester groups is 2. The minimum atomic E-state index is -4.98. The molecule has 592 valence electrons. The highest BCUT2D eigenvalue weighted by Gasteiger charge is 2.30. The maximum atomic E-state index is 13.1. The number of ether oxygens (including phenoxy) is 4. The fraction of sp³-hybridized carbons (Fsp3) is 0.783. The van der Waals surface area contributed by atoms with Gasteiger partial charge in [-0.2, -0.15) is 0 Å². The lowest BCUT2D eigenvalue weighted by Gasteiger charge is -2.21. The Morgan fingerprint density at radius 2 is 0.510 bits per heavy atom. The largest absolute Gasteiger partial charge is 0.472 e. The van der Waals surface area contributed by atoms with Gasteiger partial charge in [-0.25, -0.2) is 9.13 Å². The van der Waals surface area contributed by atoms with E-state index >= 15 is 0 Å². The Morgan fingerprint density at radius 3 is 0.814 bits per heavy atom. The van der Waals surface area contributed by atoms with Crippen LogP contribution in [-0.4, -0.2) is 96.7 Å². The van der Waals surface area contributed by atoms with E-state index in [0.29, 0.717) is 25.7 Å². The first-order valence-electron chi connectivity index (χ1n) is 40.8. The van der Waals surface area contributed by atoms with Crippen LogP contribution in [0.4, 0.5) is 0 Å². The van der Waals surface area contributed by atoms with Crippen LogP contribution in [0.15, 0.2) is 85.1 Å². The lowest BCUT2D eigenvalue weighted by molar-refractivity contribution is -0.161. The van der Waals surface area contributed by atoms with Gasteiger partial charge in [0.15, 0.2) is 12.2 Å². The van der Waals surface area contributed by atoms with E-state index in [1.165, 1.54) is 96.3 Å². The number of aliphatic hydroxyl groups excluding tert-OH is 1. The highest BCUT2D eigenvalue weighted by atomic mass is 31.2. The summed E-state index contributed by atoms with van der Waals surface area (Å²) < 4.78 is 68.7. The first kappa shape index (κ1) is 98.2. The molecular formula is C83H148O17P2. The van der Waals surface area contributed by atoms with Crippen LogP contribution < -0.4 is 0 Å². The average Bonchev–Trinajstić information content (AvgIpc) is 0.923. The van der Waals surface area contributed by atoms with Crippen molar-refractivity contribution in [3.63, 3.8) is 0 Å². The SMILES string of the molecule is CC/C=C\C/C=C\C/C=C\CCCCCCCCCC(=O)OCC(COP(=O)(O)OCC(O)COP(=O)(O)OCC(COC(=O)CCCCCCC/C=C\C/C=C\CCCCC)OC(=O)CCCCCCC/C=C\CCCCCCCC)OC(=O)CCCCCCC/C=C\CCCCCCCC. The molecule has 0 fully saturated rings. The van der Waals surface area contributed by atoms with E-state index in [-0.39, 0.29) is 25.7 Å². The van der Waals surface area contributed by atoms with Gasteiger partial charge in [0.2, 0.25) is 0 Å². The Kier molecular flexibility index (Phi) is 72.7. The van der Waals surface area contributed by atoms with Crippen molar-refractivity contribution in [3.8, 4) is 0 Å². The van der Waals surface area contributed by atoms with Crippen molar-refractivity contribution < 1.29 is 80.2 Å². The molecule has 5 atom stereocenters. The first-order valence-corrected chi connectivity index (χ1v) is 43.8. The zero-order chi connectivity index (χ0) is 74.6. The summed E-state index contributed by atoms with van der Waals surface area (Å²) in [4.78, 5) is 73.1. The monoisotopic (exact) mass is 1480 g/mol. The summed E-state index contributed by atoms with van der Waals surface area (Å²) in [5.41, 5.74) is 0. The summed E-state index contributed by atoms with van der Waals surface area (Å²) >= 11 is 0. The van der Waals surface area contributed by atoms with Crippen molar-refractivity contribution in [1.29, 1.82) is 0 Å². The fourth-order valence-electron chi connectivity index (χ4n) is 11.1. The second kappa shape index (κ2) is 75.5. The number of esters is 4. The third-order valence-corrected chi connectivity index (χ3v) is 19.2. The molecule has 102 heavy (non-hydrogen) atoms. The molecule has 0 heterocycles. The number of hydrogen-bond acceptors (Lipinski definition) is 15. The molecule has 19 heteroatoms. The second-order valence-electron chi connectivity index (χ2n) is 27.3. The van der Waals surface area contributed by atoms with Gasteiger partial charge < -0.3 is 33.8 Å². The lowest BCUT2D eigenvalue weighted by atomic mass is 10.1. The molecule has 0 aliphatic rings. The Bertz CT molecular complexity index is 2260. The molecular weight excluding hydrogens is 1330 g/mol. The molecule has 0 bridgehead atoms. The van der Waals surface area contributed by atoms with Gasteiger partial charge in [0.1, 0.15) is 19.3 Å². The summed E-state index contributed by atoms with van der Waals surface area (Å²) in [7, 11) is -9.96. The van der Waals surface area contributed by atoms with Gasteiger partial charge in [-0.3, -0.25) is 37.3 Å². The van der Waals surface area contributed by atoms with E-state index < -0.39 is 97.5 Å². The van der Waals surface area contributed by atoms with Crippen LogP contribution in [0.2, 0.25) is 0 Å². The summed E-state index contributed by atoms with van der Waals surface area (Å²) in [6, 6.07) is 0. The number of phosphoric acid groups is 2. The molecule has 0 saturated carbocycles. The molecule has 0 spiro atoms. The third kappa shape index (κ3) is 74.5. The highest BCUT2D eigenvalue weighted by Crippen LogP contribution is 2.45. The molecule has 0 amide bonds.